The third kappa shape index (κ3) is 3.68. The molecule has 2 nitrogen and oxygen atoms in total. The second-order valence-electron chi connectivity index (χ2n) is 4.19. The number of aliphatic hydroxyl groups is 1. The maximum absolute atomic E-state index is 13.3. The molecule has 0 aliphatic heterocycles. The van der Waals surface area contributed by atoms with Crippen LogP contribution in [0.15, 0.2) is 18.2 Å². The fraction of sp³-hybridized carbons (Fsp3) is 0.455. The van der Waals surface area contributed by atoms with E-state index in [0.717, 1.165) is 0 Å². The van der Waals surface area contributed by atoms with Crippen LogP contribution in [0.3, 0.4) is 0 Å². The molecule has 0 heterocycles. The highest BCUT2D eigenvalue weighted by atomic mass is 35.5. The zero-order chi connectivity index (χ0) is 11.5. The normalized spacial score (nSPS) is 11.5. The average Bonchev–Trinajstić information content (AvgIpc) is 2.16. The summed E-state index contributed by atoms with van der Waals surface area (Å²) in [6, 6.07) is 4.24. The van der Waals surface area contributed by atoms with E-state index in [-0.39, 0.29) is 24.4 Å². The largest absolute Gasteiger partial charge is 0.490 e. The lowest BCUT2D eigenvalue weighted by atomic mass is 9.96. The molecule has 4 heteroatoms. The van der Waals surface area contributed by atoms with Crippen LogP contribution in [0.4, 0.5) is 4.39 Å². The Kier molecular flexibility index (Phi) is 3.94. The van der Waals surface area contributed by atoms with Gasteiger partial charge in [-0.2, -0.15) is 0 Å². The van der Waals surface area contributed by atoms with Crippen molar-refractivity contribution >= 4 is 11.6 Å². The third-order valence-corrected chi connectivity index (χ3v) is 2.18. The molecule has 0 aliphatic carbocycles. The smallest absolute Gasteiger partial charge is 0.166 e. The van der Waals surface area contributed by atoms with E-state index in [1.54, 1.807) is 6.07 Å². The van der Waals surface area contributed by atoms with Gasteiger partial charge in [0.15, 0.2) is 11.6 Å². The van der Waals surface area contributed by atoms with E-state index in [1.807, 2.05) is 13.8 Å². The van der Waals surface area contributed by atoms with Gasteiger partial charge in [0.2, 0.25) is 0 Å². The van der Waals surface area contributed by atoms with Crippen LogP contribution in [0.5, 0.6) is 5.75 Å². The van der Waals surface area contributed by atoms with Crippen molar-refractivity contribution in [1.29, 1.82) is 0 Å². The number of halogens is 2. The molecule has 0 aliphatic rings. The molecule has 0 aromatic heterocycles. The third-order valence-electron chi connectivity index (χ3n) is 1.94. The van der Waals surface area contributed by atoms with Gasteiger partial charge in [-0.3, -0.25) is 0 Å². The molecule has 0 radical (unpaired) electrons. The number of ether oxygens (including phenoxy) is 1. The Labute approximate surface area is 93.6 Å². The molecule has 1 aromatic carbocycles. The molecule has 15 heavy (non-hydrogen) atoms. The van der Waals surface area contributed by atoms with E-state index in [1.165, 1.54) is 12.1 Å². The molecule has 0 unspecified atom stereocenters. The summed E-state index contributed by atoms with van der Waals surface area (Å²) in [6.07, 6.45) is 0. The minimum absolute atomic E-state index is 0.0117. The van der Waals surface area contributed by atoms with Crippen LogP contribution < -0.4 is 4.74 Å². The first-order valence-electron chi connectivity index (χ1n) is 4.63. The first kappa shape index (κ1) is 12.3. The van der Waals surface area contributed by atoms with Crippen LogP contribution in [0, 0.1) is 11.2 Å². The molecular formula is C11H14ClFO2. The standard InChI is InChI=1S/C11H14ClFO2/c1-11(2,6-14)7-15-10-4-3-8(12)5-9(10)13/h3-5,14H,6-7H2,1-2H3. The molecule has 0 spiro atoms. The predicted molar refractivity (Wildman–Crippen MR) is 57.8 cm³/mol. The van der Waals surface area contributed by atoms with Crippen molar-refractivity contribution < 1.29 is 14.2 Å². The topological polar surface area (TPSA) is 29.5 Å². The monoisotopic (exact) mass is 232 g/mol. The lowest BCUT2D eigenvalue weighted by molar-refractivity contribution is 0.0953. The van der Waals surface area contributed by atoms with E-state index >= 15 is 0 Å². The fourth-order valence-electron chi connectivity index (χ4n) is 0.911. The number of hydrogen-bond acceptors (Lipinski definition) is 2. The van der Waals surface area contributed by atoms with Gasteiger partial charge in [-0.05, 0) is 18.2 Å². The second-order valence-corrected chi connectivity index (χ2v) is 4.62. The summed E-state index contributed by atoms with van der Waals surface area (Å²) >= 11 is 5.60. The molecule has 0 atom stereocenters. The first-order valence-corrected chi connectivity index (χ1v) is 5.01. The van der Waals surface area contributed by atoms with E-state index in [4.69, 9.17) is 21.4 Å². The van der Waals surface area contributed by atoms with Gasteiger partial charge in [-0.1, -0.05) is 25.4 Å². The van der Waals surface area contributed by atoms with Crippen molar-refractivity contribution in [2.24, 2.45) is 5.41 Å². The summed E-state index contributed by atoms with van der Waals surface area (Å²) in [5.74, 6) is -0.336. The fourth-order valence-corrected chi connectivity index (χ4v) is 1.07. The summed E-state index contributed by atoms with van der Waals surface area (Å²) < 4.78 is 18.5. The molecule has 1 rings (SSSR count). The summed E-state index contributed by atoms with van der Waals surface area (Å²) in [5.41, 5.74) is -0.383. The average molecular weight is 233 g/mol. The minimum Gasteiger partial charge on any atom is -0.490 e. The van der Waals surface area contributed by atoms with Crippen molar-refractivity contribution in [1.82, 2.24) is 0 Å². The molecule has 84 valence electrons. The molecule has 0 amide bonds. The van der Waals surface area contributed by atoms with Gasteiger partial charge in [0.1, 0.15) is 0 Å². The molecule has 0 bridgehead atoms. The van der Waals surface area contributed by atoms with Crippen LogP contribution in [0.1, 0.15) is 13.8 Å². The second kappa shape index (κ2) is 4.81. The van der Waals surface area contributed by atoms with Gasteiger partial charge >= 0.3 is 0 Å². The maximum atomic E-state index is 13.3. The van der Waals surface area contributed by atoms with Gasteiger partial charge in [0.05, 0.1) is 13.2 Å². The zero-order valence-corrected chi connectivity index (χ0v) is 9.51. The lowest BCUT2D eigenvalue weighted by Gasteiger charge is -2.21. The summed E-state index contributed by atoms with van der Waals surface area (Å²) in [4.78, 5) is 0. The van der Waals surface area contributed by atoms with Crippen LogP contribution in [-0.4, -0.2) is 18.3 Å². The quantitative estimate of drug-likeness (QED) is 0.865. The number of hydrogen-bond donors (Lipinski definition) is 1. The Morgan fingerprint density at radius 3 is 2.67 bits per heavy atom. The number of benzene rings is 1. The molecule has 0 fully saturated rings. The van der Waals surface area contributed by atoms with Gasteiger partial charge in [0, 0.05) is 10.4 Å². The summed E-state index contributed by atoms with van der Waals surface area (Å²) in [6.45, 7) is 3.91. The van der Waals surface area contributed by atoms with Crippen LogP contribution in [0.25, 0.3) is 0 Å². The molecule has 0 saturated heterocycles. The SMILES string of the molecule is CC(C)(CO)COc1ccc(Cl)cc1F. The molecule has 1 N–H and O–H groups in total. The van der Waals surface area contributed by atoms with Gasteiger partial charge < -0.3 is 9.84 Å². The molecular weight excluding hydrogens is 219 g/mol. The van der Waals surface area contributed by atoms with Gasteiger partial charge in [-0.25, -0.2) is 4.39 Å². The van der Waals surface area contributed by atoms with Crippen LogP contribution >= 0.6 is 11.6 Å². The zero-order valence-electron chi connectivity index (χ0n) is 8.76. The van der Waals surface area contributed by atoms with E-state index in [9.17, 15) is 4.39 Å². The Morgan fingerprint density at radius 2 is 2.13 bits per heavy atom. The molecule has 1 aromatic rings. The Hall–Kier alpha value is -0.800. The van der Waals surface area contributed by atoms with Crippen molar-refractivity contribution in [3.63, 3.8) is 0 Å². The first-order chi connectivity index (χ1) is 6.94. The lowest BCUT2D eigenvalue weighted by Crippen LogP contribution is -2.25. The predicted octanol–water partition coefficient (Wildman–Crippen LogP) is 2.88. The van der Waals surface area contributed by atoms with Gasteiger partial charge in [-0.15, -0.1) is 0 Å². The van der Waals surface area contributed by atoms with Crippen molar-refractivity contribution in [2.75, 3.05) is 13.2 Å². The van der Waals surface area contributed by atoms with E-state index in [0.29, 0.717) is 5.02 Å². The van der Waals surface area contributed by atoms with Crippen LogP contribution in [0.2, 0.25) is 5.02 Å². The number of rotatable bonds is 4. The van der Waals surface area contributed by atoms with Crippen molar-refractivity contribution in [2.45, 2.75) is 13.8 Å². The number of aliphatic hydroxyl groups excluding tert-OH is 1. The van der Waals surface area contributed by atoms with Crippen LogP contribution in [-0.2, 0) is 0 Å². The Morgan fingerprint density at radius 1 is 1.47 bits per heavy atom. The highest BCUT2D eigenvalue weighted by Gasteiger charge is 2.18. The Bertz CT molecular complexity index is 339. The van der Waals surface area contributed by atoms with E-state index in [2.05, 4.69) is 0 Å². The highest BCUT2D eigenvalue weighted by molar-refractivity contribution is 6.30. The van der Waals surface area contributed by atoms with Crippen molar-refractivity contribution in [3.05, 3.63) is 29.0 Å². The highest BCUT2D eigenvalue weighted by Crippen LogP contribution is 2.23. The summed E-state index contributed by atoms with van der Waals surface area (Å²) in [5, 5.41) is 9.33. The minimum atomic E-state index is -0.490. The maximum Gasteiger partial charge on any atom is 0.166 e. The van der Waals surface area contributed by atoms with Gasteiger partial charge in [0.25, 0.3) is 0 Å². The molecule has 0 saturated carbocycles. The van der Waals surface area contributed by atoms with E-state index < -0.39 is 5.82 Å². The Balaban J connectivity index is 2.66. The van der Waals surface area contributed by atoms with Crippen molar-refractivity contribution in [3.8, 4) is 5.75 Å². The summed E-state index contributed by atoms with van der Waals surface area (Å²) in [7, 11) is 0.